The molecule has 3 rings (SSSR count). The Balaban J connectivity index is 2.33. The lowest BCUT2D eigenvalue weighted by atomic mass is 9.95. The molecule has 4 heteroatoms. The second-order valence-corrected chi connectivity index (χ2v) is 4.51. The Morgan fingerprint density at radius 1 is 1.31 bits per heavy atom. The van der Waals surface area contributed by atoms with Gasteiger partial charge in [0.2, 0.25) is 0 Å². The summed E-state index contributed by atoms with van der Waals surface area (Å²) in [5.41, 5.74) is 2.66. The number of ketones is 1. The van der Waals surface area contributed by atoms with E-state index < -0.39 is 0 Å². The van der Waals surface area contributed by atoms with Crippen molar-refractivity contribution in [2.75, 3.05) is 0 Å². The van der Waals surface area contributed by atoms with Crippen molar-refractivity contribution < 1.29 is 9.18 Å². The smallest absolute Gasteiger partial charge is 0.139 e. The molecule has 16 heavy (non-hydrogen) atoms. The Morgan fingerprint density at radius 2 is 2.12 bits per heavy atom. The summed E-state index contributed by atoms with van der Waals surface area (Å²) >= 11 is 5.96. The van der Waals surface area contributed by atoms with Crippen LogP contribution in [0.4, 0.5) is 4.39 Å². The third-order valence-electron chi connectivity index (χ3n) is 3.05. The largest absolute Gasteiger partial charge is 0.357 e. The maximum Gasteiger partial charge on any atom is 0.139 e. The molecule has 0 radical (unpaired) electrons. The highest BCUT2D eigenvalue weighted by Crippen LogP contribution is 2.32. The van der Waals surface area contributed by atoms with Crippen molar-refractivity contribution in [1.82, 2.24) is 4.98 Å². The number of rotatable bonds is 0. The molecular formula is C12H9ClFNO. The maximum atomic E-state index is 13.3. The molecular weight excluding hydrogens is 229 g/mol. The van der Waals surface area contributed by atoms with Crippen LogP contribution in [0.2, 0.25) is 5.02 Å². The van der Waals surface area contributed by atoms with Crippen LogP contribution >= 0.6 is 11.6 Å². The number of carbonyl (C=O) groups is 1. The van der Waals surface area contributed by atoms with Crippen LogP contribution < -0.4 is 0 Å². The van der Waals surface area contributed by atoms with Crippen LogP contribution in [-0.4, -0.2) is 10.8 Å². The van der Waals surface area contributed by atoms with E-state index in [0.717, 1.165) is 22.2 Å². The van der Waals surface area contributed by atoms with Crippen molar-refractivity contribution in [3.63, 3.8) is 0 Å². The standard InChI is InChI=1S/C12H9ClFNO/c13-10-4-6(14)3-9-8-2-1-7(16)5-11(8)15-12(9)10/h3-4,15H,1-2,5H2. The Morgan fingerprint density at radius 3 is 2.94 bits per heavy atom. The summed E-state index contributed by atoms with van der Waals surface area (Å²) < 4.78 is 13.3. The van der Waals surface area contributed by atoms with Gasteiger partial charge in [0, 0.05) is 23.9 Å². The van der Waals surface area contributed by atoms with Crippen LogP contribution in [0.3, 0.4) is 0 Å². The Kier molecular flexibility index (Phi) is 2.04. The van der Waals surface area contributed by atoms with Crippen LogP contribution in [0.1, 0.15) is 17.7 Å². The molecule has 1 aliphatic rings. The Bertz CT molecular complexity index is 603. The molecule has 1 heterocycles. The van der Waals surface area contributed by atoms with Gasteiger partial charge in [-0.2, -0.15) is 0 Å². The maximum absolute atomic E-state index is 13.3. The first kappa shape index (κ1) is 9.85. The van der Waals surface area contributed by atoms with Gasteiger partial charge in [-0.3, -0.25) is 4.79 Å². The number of aromatic amines is 1. The summed E-state index contributed by atoms with van der Waals surface area (Å²) in [5.74, 6) is -0.119. The van der Waals surface area contributed by atoms with E-state index in [1.807, 2.05) is 0 Å². The summed E-state index contributed by atoms with van der Waals surface area (Å²) in [5, 5.41) is 1.18. The van der Waals surface area contributed by atoms with Crippen LogP contribution in [0.25, 0.3) is 10.9 Å². The minimum absolute atomic E-state index is 0.218. The van der Waals surface area contributed by atoms with Crippen LogP contribution in [0, 0.1) is 5.82 Å². The molecule has 0 bridgehead atoms. The molecule has 0 aliphatic heterocycles. The first-order valence-corrected chi connectivity index (χ1v) is 5.53. The Hall–Kier alpha value is -1.35. The molecule has 82 valence electrons. The first-order valence-electron chi connectivity index (χ1n) is 5.15. The second kappa shape index (κ2) is 3.32. The van der Waals surface area contributed by atoms with Gasteiger partial charge in [-0.05, 0) is 24.1 Å². The number of aromatic nitrogens is 1. The number of fused-ring (bicyclic) bond motifs is 3. The summed E-state index contributed by atoms with van der Waals surface area (Å²) in [6.07, 6.45) is 1.62. The predicted molar refractivity (Wildman–Crippen MR) is 60.3 cm³/mol. The third-order valence-corrected chi connectivity index (χ3v) is 3.35. The number of halogens is 2. The number of Topliss-reactive ketones (excluding diaryl/α,β-unsaturated/α-hetero) is 1. The van der Waals surface area contributed by atoms with Gasteiger partial charge in [0.25, 0.3) is 0 Å². The molecule has 0 unspecified atom stereocenters. The number of H-pyrrole nitrogens is 1. The minimum Gasteiger partial charge on any atom is -0.357 e. The zero-order chi connectivity index (χ0) is 11.3. The molecule has 0 saturated heterocycles. The van der Waals surface area contributed by atoms with Gasteiger partial charge in [-0.25, -0.2) is 4.39 Å². The number of carbonyl (C=O) groups excluding carboxylic acids is 1. The fraction of sp³-hybridized carbons (Fsp3) is 0.250. The number of aryl methyl sites for hydroxylation is 1. The van der Waals surface area contributed by atoms with Crippen molar-refractivity contribution >= 4 is 28.3 Å². The Labute approximate surface area is 96.4 Å². The molecule has 1 aromatic heterocycles. The number of benzene rings is 1. The van der Waals surface area contributed by atoms with Crippen LogP contribution in [0.5, 0.6) is 0 Å². The highest BCUT2D eigenvalue weighted by Gasteiger charge is 2.21. The van der Waals surface area contributed by atoms with E-state index in [4.69, 9.17) is 11.6 Å². The van der Waals surface area contributed by atoms with E-state index in [-0.39, 0.29) is 11.6 Å². The molecule has 0 amide bonds. The van der Waals surface area contributed by atoms with E-state index >= 15 is 0 Å². The molecule has 0 atom stereocenters. The van der Waals surface area contributed by atoms with Crippen molar-refractivity contribution in [3.05, 3.63) is 34.2 Å². The van der Waals surface area contributed by atoms with Gasteiger partial charge >= 0.3 is 0 Å². The van der Waals surface area contributed by atoms with Crippen molar-refractivity contribution in [3.8, 4) is 0 Å². The topological polar surface area (TPSA) is 32.9 Å². The molecule has 0 spiro atoms. The fourth-order valence-corrected chi connectivity index (χ4v) is 2.57. The SMILES string of the molecule is O=C1CCc2c([nH]c3c(Cl)cc(F)cc23)C1. The lowest BCUT2D eigenvalue weighted by Gasteiger charge is -2.09. The van der Waals surface area contributed by atoms with E-state index in [9.17, 15) is 9.18 Å². The second-order valence-electron chi connectivity index (χ2n) is 4.11. The summed E-state index contributed by atoms with van der Waals surface area (Å²) in [7, 11) is 0. The quantitative estimate of drug-likeness (QED) is 0.751. The third kappa shape index (κ3) is 1.35. The summed E-state index contributed by atoms with van der Waals surface area (Å²) in [6, 6.07) is 2.76. The average Bonchev–Trinajstić information content (AvgIpc) is 2.56. The van der Waals surface area contributed by atoms with Gasteiger partial charge in [-0.15, -0.1) is 0 Å². The summed E-state index contributed by atoms with van der Waals surface area (Å²) in [6.45, 7) is 0. The van der Waals surface area contributed by atoms with E-state index in [0.29, 0.717) is 24.3 Å². The fourth-order valence-electron chi connectivity index (χ4n) is 2.31. The van der Waals surface area contributed by atoms with Crippen molar-refractivity contribution in [2.45, 2.75) is 19.3 Å². The molecule has 2 nitrogen and oxygen atoms in total. The number of hydrogen-bond acceptors (Lipinski definition) is 1. The first-order chi connectivity index (χ1) is 7.65. The molecule has 0 saturated carbocycles. The van der Waals surface area contributed by atoms with Gasteiger partial charge in [0.15, 0.2) is 0 Å². The van der Waals surface area contributed by atoms with Gasteiger partial charge in [-0.1, -0.05) is 11.6 Å². The van der Waals surface area contributed by atoms with Gasteiger partial charge < -0.3 is 4.98 Å². The average molecular weight is 238 g/mol. The summed E-state index contributed by atoms with van der Waals surface area (Å²) in [4.78, 5) is 14.4. The normalized spacial score (nSPS) is 15.5. The molecule has 2 aromatic rings. The zero-order valence-electron chi connectivity index (χ0n) is 8.44. The molecule has 0 fully saturated rings. The van der Waals surface area contributed by atoms with Gasteiger partial charge in [0.05, 0.1) is 10.5 Å². The highest BCUT2D eigenvalue weighted by atomic mass is 35.5. The van der Waals surface area contributed by atoms with Gasteiger partial charge in [0.1, 0.15) is 11.6 Å². The van der Waals surface area contributed by atoms with E-state index in [2.05, 4.69) is 4.98 Å². The number of hydrogen-bond donors (Lipinski definition) is 1. The van der Waals surface area contributed by atoms with Crippen molar-refractivity contribution in [1.29, 1.82) is 0 Å². The number of nitrogens with one attached hydrogen (secondary N) is 1. The molecule has 1 aromatic carbocycles. The monoisotopic (exact) mass is 237 g/mol. The highest BCUT2D eigenvalue weighted by molar-refractivity contribution is 6.35. The zero-order valence-corrected chi connectivity index (χ0v) is 9.20. The lowest BCUT2D eigenvalue weighted by Crippen LogP contribution is -2.12. The van der Waals surface area contributed by atoms with E-state index in [1.165, 1.54) is 12.1 Å². The molecule has 1 aliphatic carbocycles. The minimum atomic E-state index is -0.337. The molecule has 1 N–H and O–H groups in total. The van der Waals surface area contributed by atoms with Crippen LogP contribution in [0.15, 0.2) is 12.1 Å². The van der Waals surface area contributed by atoms with Crippen LogP contribution in [-0.2, 0) is 17.6 Å². The lowest BCUT2D eigenvalue weighted by molar-refractivity contribution is -0.118. The van der Waals surface area contributed by atoms with Crippen molar-refractivity contribution in [2.24, 2.45) is 0 Å². The predicted octanol–water partition coefficient (Wildman–Crippen LogP) is 3.02. The van der Waals surface area contributed by atoms with E-state index in [1.54, 1.807) is 0 Å².